The zero-order chi connectivity index (χ0) is 15.4. The molecule has 0 unspecified atom stereocenters. The van der Waals surface area contributed by atoms with Gasteiger partial charge in [-0.1, -0.05) is 23.7 Å². The van der Waals surface area contributed by atoms with Gasteiger partial charge in [0, 0.05) is 0 Å². The molecule has 0 aromatic heterocycles. The van der Waals surface area contributed by atoms with Crippen LogP contribution in [0.1, 0.15) is 6.92 Å². The highest BCUT2D eigenvalue weighted by atomic mass is 79.9. The van der Waals surface area contributed by atoms with Crippen molar-refractivity contribution in [1.82, 2.24) is 0 Å². The average Bonchev–Trinajstić information content (AvgIpc) is 2.44. The van der Waals surface area contributed by atoms with Gasteiger partial charge in [-0.3, -0.25) is 4.79 Å². The average molecular weight is 373 g/mol. The van der Waals surface area contributed by atoms with Crippen molar-refractivity contribution in [1.29, 1.82) is 0 Å². The summed E-state index contributed by atoms with van der Waals surface area (Å²) in [4.78, 5) is 12.1. The molecule has 110 valence electrons. The third kappa shape index (κ3) is 4.19. The molecule has 0 heterocycles. The largest absolute Gasteiger partial charge is 0.480 e. The highest BCUT2D eigenvalue weighted by Gasteiger charge is 2.17. The molecule has 0 bridgehead atoms. The SMILES string of the molecule is C[C@H](Oc1ccc(F)cc1Br)C(=O)Nc1ccccc1Cl. The molecule has 0 saturated carbocycles. The number of rotatable bonds is 4. The highest BCUT2D eigenvalue weighted by molar-refractivity contribution is 9.10. The van der Waals surface area contributed by atoms with Crippen molar-refractivity contribution < 1.29 is 13.9 Å². The quantitative estimate of drug-likeness (QED) is 0.848. The van der Waals surface area contributed by atoms with Gasteiger partial charge in [-0.05, 0) is 53.2 Å². The lowest BCUT2D eigenvalue weighted by Gasteiger charge is -2.16. The number of para-hydroxylation sites is 1. The first-order valence-corrected chi connectivity index (χ1v) is 7.31. The summed E-state index contributed by atoms with van der Waals surface area (Å²) in [5.74, 6) is -0.347. The smallest absolute Gasteiger partial charge is 0.265 e. The van der Waals surface area contributed by atoms with E-state index in [1.807, 2.05) is 0 Å². The summed E-state index contributed by atoms with van der Waals surface area (Å²) >= 11 is 9.16. The Labute approximate surface area is 135 Å². The van der Waals surface area contributed by atoms with Crippen molar-refractivity contribution in [3.05, 3.63) is 57.8 Å². The van der Waals surface area contributed by atoms with Gasteiger partial charge in [-0.25, -0.2) is 4.39 Å². The molecule has 0 spiro atoms. The zero-order valence-corrected chi connectivity index (χ0v) is 13.4. The molecule has 2 aromatic carbocycles. The minimum absolute atomic E-state index is 0.348. The summed E-state index contributed by atoms with van der Waals surface area (Å²) in [6.07, 6.45) is -0.761. The van der Waals surface area contributed by atoms with Crippen molar-refractivity contribution in [3.63, 3.8) is 0 Å². The Bertz CT molecular complexity index is 666. The Morgan fingerprint density at radius 2 is 2.05 bits per heavy atom. The van der Waals surface area contributed by atoms with Crippen LogP contribution in [0.15, 0.2) is 46.9 Å². The van der Waals surface area contributed by atoms with Crippen molar-refractivity contribution in [2.45, 2.75) is 13.0 Å². The van der Waals surface area contributed by atoms with Gasteiger partial charge in [0.15, 0.2) is 6.10 Å². The lowest BCUT2D eigenvalue weighted by molar-refractivity contribution is -0.122. The standard InChI is InChI=1S/C15H12BrClFNO2/c1-9(21-14-7-6-10(18)8-11(14)16)15(20)19-13-5-3-2-4-12(13)17/h2-9H,1H3,(H,19,20)/t9-/m0/s1. The molecule has 6 heteroatoms. The van der Waals surface area contributed by atoms with E-state index in [9.17, 15) is 9.18 Å². The molecule has 21 heavy (non-hydrogen) atoms. The Morgan fingerprint density at radius 1 is 1.33 bits per heavy atom. The Kier molecular flexibility index (Phi) is 5.20. The maximum absolute atomic E-state index is 13.0. The van der Waals surface area contributed by atoms with Crippen LogP contribution in [0.2, 0.25) is 5.02 Å². The summed E-state index contributed by atoms with van der Waals surface area (Å²) in [6.45, 7) is 1.60. The minimum atomic E-state index is -0.761. The van der Waals surface area contributed by atoms with Crippen LogP contribution in [0.5, 0.6) is 5.75 Å². The number of ether oxygens (including phenoxy) is 1. The van der Waals surface area contributed by atoms with Crippen molar-refractivity contribution in [2.75, 3.05) is 5.32 Å². The lowest BCUT2D eigenvalue weighted by Crippen LogP contribution is -2.30. The van der Waals surface area contributed by atoms with Crippen LogP contribution >= 0.6 is 27.5 Å². The van der Waals surface area contributed by atoms with Crippen LogP contribution in [0.3, 0.4) is 0 Å². The number of amides is 1. The van der Waals surface area contributed by atoms with E-state index in [-0.39, 0.29) is 11.7 Å². The number of hydrogen-bond acceptors (Lipinski definition) is 2. The van der Waals surface area contributed by atoms with E-state index in [2.05, 4.69) is 21.2 Å². The normalized spacial score (nSPS) is 11.8. The molecule has 1 amide bonds. The monoisotopic (exact) mass is 371 g/mol. The summed E-state index contributed by atoms with van der Waals surface area (Å²) in [7, 11) is 0. The van der Waals surface area contributed by atoms with Gasteiger partial charge < -0.3 is 10.1 Å². The molecule has 3 nitrogen and oxygen atoms in total. The first kappa shape index (κ1) is 15.8. The molecular formula is C15H12BrClFNO2. The molecule has 1 N–H and O–H groups in total. The zero-order valence-electron chi connectivity index (χ0n) is 11.1. The van der Waals surface area contributed by atoms with E-state index in [1.165, 1.54) is 18.2 Å². The van der Waals surface area contributed by atoms with Crippen LogP contribution in [-0.2, 0) is 4.79 Å². The van der Waals surface area contributed by atoms with Crippen LogP contribution in [0.25, 0.3) is 0 Å². The molecule has 0 aliphatic rings. The van der Waals surface area contributed by atoms with Gasteiger partial charge in [-0.15, -0.1) is 0 Å². The summed E-state index contributed by atoms with van der Waals surface area (Å²) < 4.78 is 18.9. The van der Waals surface area contributed by atoms with Gasteiger partial charge in [0.05, 0.1) is 15.2 Å². The van der Waals surface area contributed by atoms with E-state index in [4.69, 9.17) is 16.3 Å². The highest BCUT2D eigenvalue weighted by Crippen LogP contribution is 2.27. The summed E-state index contributed by atoms with van der Waals surface area (Å²) in [5.41, 5.74) is 0.512. The fourth-order valence-electron chi connectivity index (χ4n) is 1.61. The second kappa shape index (κ2) is 6.91. The van der Waals surface area contributed by atoms with Gasteiger partial charge >= 0.3 is 0 Å². The Morgan fingerprint density at radius 3 is 2.71 bits per heavy atom. The third-order valence-electron chi connectivity index (χ3n) is 2.70. The molecule has 0 aliphatic heterocycles. The third-order valence-corrected chi connectivity index (χ3v) is 3.65. The predicted octanol–water partition coefficient (Wildman–Crippen LogP) is 4.65. The Balaban J connectivity index is 2.04. The number of carbonyl (C=O) groups excluding carboxylic acids is 1. The molecule has 0 radical (unpaired) electrons. The van der Waals surface area contributed by atoms with E-state index in [1.54, 1.807) is 31.2 Å². The first-order valence-electron chi connectivity index (χ1n) is 6.14. The molecule has 2 aromatic rings. The number of carbonyl (C=O) groups is 1. The van der Waals surface area contributed by atoms with E-state index in [0.717, 1.165) is 0 Å². The van der Waals surface area contributed by atoms with Crippen LogP contribution in [-0.4, -0.2) is 12.0 Å². The molecule has 1 atom stereocenters. The summed E-state index contributed by atoms with van der Waals surface area (Å²) in [5, 5.41) is 3.12. The second-order valence-electron chi connectivity index (χ2n) is 4.30. The molecule has 0 aliphatic carbocycles. The van der Waals surface area contributed by atoms with E-state index >= 15 is 0 Å². The van der Waals surface area contributed by atoms with E-state index in [0.29, 0.717) is 20.9 Å². The fraction of sp³-hybridized carbons (Fsp3) is 0.133. The molecule has 0 fully saturated rings. The van der Waals surface area contributed by atoms with Gasteiger partial charge in [0.25, 0.3) is 5.91 Å². The van der Waals surface area contributed by atoms with Gasteiger partial charge in [-0.2, -0.15) is 0 Å². The minimum Gasteiger partial charge on any atom is -0.480 e. The molecule has 2 rings (SSSR count). The number of hydrogen-bond donors (Lipinski definition) is 1. The van der Waals surface area contributed by atoms with E-state index < -0.39 is 6.10 Å². The summed E-state index contributed by atoms with van der Waals surface area (Å²) in [6, 6.07) is 10.9. The Hall–Kier alpha value is -1.59. The topological polar surface area (TPSA) is 38.3 Å². The van der Waals surface area contributed by atoms with Crippen molar-refractivity contribution in [3.8, 4) is 5.75 Å². The maximum atomic E-state index is 13.0. The van der Waals surface area contributed by atoms with Crippen LogP contribution in [0, 0.1) is 5.82 Å². The first-order chi connectivity index (χ1) is 9.97. The molecular weight excluding hydrogens is 361 g/mol. The predicted molar refractivity (Wildman–Crippen MR) is 84.3 cm³/mol. The van der Waals surface area contributed by atoms with Crippen molar-refractivity contribution in [2.24, 2.45) is 0 Å². The maximum Gasteiger partial charge on any atom is 0.265 e. The lowest BCUT2D eigenvalue weighted by atomic mass is 10.3. The second-order valence-corrected chi connectivity index (χ2v) is 5.57. The van der Waals surface area contributed by atoms with Crippen LogP contribution in [0.4, 0.5) is 10.1 Å². The fourth-order valence-corrected chi connectivity index (χ4v) is 2.24. The van der Waals surface area contributed by atoms with Crippen molar-refractivity contribution >= 4 is 39.1 Å². The van der Waals surface area contributed by atoms with Gasteiger partial charge in [0.1, 0.15) is 11.6 Å². The number of anilines is 1. The number of nitrogens with one attached hydrogen (secondary N) is 1. The number of halogens is 3. The van der Waals surface area contributed by atoms with Gasteiger partial charge in [0.2, 0.25) is 0 Å². The number of benzene rings is 2. The molecule has 0 saturated heterocycles. The van der Waals surface area contributed by atoms with Crippen LogP contribution < -0.4 is 10.1 Å².